The number of thiophene rings is 1. The lowest BCUT2D eigenvalue weighted by Gasteiger charge is -2.23. The highest BCUT2D eigenvalue weighted by Gasteiger charge is 2.32. The lowest BCUT2D eigenvalue weighted by Crippen LogP contribution is -2.29. The number of nitrogens with zero attached hydrogens (tertiary/aromatic N) is 2. The SMILES string of the molecule is CC(c1cccs1)N(C)c1nc(C(C)(C)C(=O)O)cs1. The van der Waals surface area contributed by atoms with Crippen molar-refractivity contribution in [2.45, 2.75) is 32.2 Å². The Balaban J connectivity index is 2.23. The fraction of sp³-hybridized carbons (Fsp3) is 0.429. The Morgan fingerprint density at radius 1 is 1.45 bits per heavy atom. The Labute approximate surface area is 126 Å². The van der Waals surface area contributed by atoms with Gasteiger partial charge in [0, 0.05) is 17.3 Å². The summed E-state index contributed by atoms with van der Waals surface area (Å²) < 4.78 is 0. The van der Waals surface area contributed by atoms with Crippen molar-refractivity contribution >= 4 is 33.8 Å². The summed E-state index contributed by atoms with van der Waals surface area (Å²) in [7, 11) is 1.99. The van der Waals surface area contributed by atoms with Gasteiger partial charge in [0.1, 0.15) is 5.41 Å². The number of aliphatic carboxylic acids is 1. The topological polar surface area (TPSA) is 53.4 Å². The average Bonchev–Trinajstić information content (AvgIpc) is 3.07. The van der Waals surface area contributed by atoms with Crippen LogP contribution in [0.4, 0.5) is 5.13 Å². The van der Waals surface area contributed by atoms with E-state index in [1.54, 1.807) is 25.2 Å². The molecule has 0 fully saturated rings. The number of carboxylic acid groups (broad SMARTS) is 1. The van der Waals surface area contributed by atoms with Gasteiger partial charge in [0.25, 0.3) is 0 Å². The van der Waals surface area contributed by atoms with Gasteiger partial charge in [-0.3, -0.25) is 4.79 Å². The molecular formula is C14H18N2O2S2. The highest BCUT2D eigenvalue weighted by atomic mass is 32.1. The highest BCUT2D eigenvalue weighted by molar-refractivity contribution is 7.13. The first kappa shape index (κ1) is 15.0. The molecule has 1 N–H and O–H groups in total. The van der Waals surface area contributed by atoms with E-state index in [0.29, 0.717) is 5.69 Å². The zero-order chi connectivity index (χ0) is 14.9. The summed E-state index contributed by atoms with van der Waals surface area (Å²) in [6.45, 7) is 5.48. The zero-order valence-corrected chi connectivity index (χ0v) is 13.6. The molecule has 0 spiro atoms. The van der Waals surface area contributed by atoms with Gasteiger partial charge >= 0.3 is 5.97 Å². The number of hydrogen-bond acceptors (Lipinski definition) is 5. The van der Waals surface area contributed by atoms with Crippen LogP contribution in [0.2, 0.25) is 0 Å². The summed E-state index contributed by atoms with van der Waals surface area (Å²) in [5.41, 5.74) is -0.350. The van der Waals surface area contributed by atoms with Crippen molar-refractivity contribution in [2.75, 3.05) is 11.9 Å². The third-order valence-electron chi connectivity index (χ3n) is 3.50. The summed E-state index contributed by atoms with van der Waals surface area (Å²) in [6.07, 6.45) is 0. The molecule has 0 bridgehead atoms. The number of thiazole rings is 1. The maximum atomic E-state index is 11.3. The second-order valence-corrected chi connectivity index (χ2v) is 7.06. The lowest BCUT2D eigenvalue weighted by molar-refractivity contribution is -0.142. The molecule has 1 atom stereocenters. The first-order valence-corrected chi connectivity index (χ1v) is 8.05. The van der Waals surface area contributed by atoms with Crippen molar-refractivity contribution in [1.29, 1.82) is 0 Å². The third-order valence-corrected chi connectivity index (χ3v) is 5.48. The van der Waals surface area contributed by atoms with E-state index in [2.05, 4.69) is 28.3 Å². The molecule has 20 heavy (non-hydrogen) atoms. The van der Waals surface area contributed by atoms with Gasteiger partial charge in [0.05, 0.1) is 11.7 Å². The standard InChI is InChI=1S/C14H18N2O2S2/c1-9(10-6-5-7-19-10)16(4)13-15-11(8-20-13)14(2,3)12(17)18/h5-9H,1-4H3,(H,17,18). The minimum atomic E-state index is -0.957. The molecule has 2 rings (SSSR count). The number of carboxylic acids is 1. The van der Waals surface area contributed by atoms with E-state index in [4.69, 9.17) is 0 Å². The molecule has 2 aromatic heterocycles. The highest BCUT2D eigenvalue weighted by Crippen LogP contribution is 2.33. The second-order valence-electron chi connectivity index (χ2n) is 5.25. The molecule has 0 radical (unpaired) electrons. The lowest BCUT2D eigenvalue weighted by atomic mass is 9.90. The van der Waals surface area contributed by atoms with Crippen molar-refractivity contribution in [3.05, 3.63) is 33.5 Å². The molecule has 0 saturated heterocycles. The average molecular weight is 310 g/mol. The van der Waals surface area contributed by atoms with Crippen LogP contribution in [-0.2, 0) is 10.2 Å². The molecule has 0 aromatic carbocycles. The van der Waals surface area contributed by atoms with Crippen LogP contribution in [0.15, 0.2) is 22.9 Å². The van der Waals surface area contributed by atoms with Crippen molar-refractivity contribution in [2.24, 2.45) is 0 Å². The minimum Gasteiger partial charge on any atom is -0.481 e. The number of hydrogen-bond donors (Lipinski definition) is 1. The summed E-state index contributed by atoms with van der Waals surface area (Å²) in [5, 5.41) is 14.0. The van der Waals surface area contributed by atoms with Crippen molar-refractivity contribution in [3.63, 3.8) is 0 Å². The van der Waals surface area contributed by atoms with Gasteiger partial charge in [-0.25, -0.2) is 4.98 Å². The molecule has 6 heteroatoms. The molecule has 2 aromatic rings. The van der Waals surface area contributed by atoms with Crippen LogP contribution < -0.4 is 4.90 Å². The first-order chi connectivity index (χ1) is 9.34. The third kappa shape index (κ3) is 2.71. The molecule has 1 unspecified atom stereocenters. The summed E-state index contributed by atoms with van der Waals surface area (Å²) >= 11 is 3.20. The summed E-state index contributed by atoms with van der Waals surface area (Å²) in [5.74, 6) is -0.858. The Morgan fingerprint density at radius 2 is 2.15 bits per heavy atom. The van der Waals surface area contributed by atoms with Crippen LogP contribution in [0.1, 0.15) is 37.4 Å². The van der Waals surface area contributed by atoms with Gasteiger partial charge in [-0.15, -0.1) is 22.7 Å². The van der Waals surface area contributed by atoms with E-state index >= 15 is 0 Å². The first-order valence-electron chi connectivity index (χ1n) is 6.29. The Kier molecular flexibility index (Phi) is 4.15. The predicted octanol–water partition coefficient (Wildman–Crippen LogP) is 3.76. The molecular weight excluding hydrogens is 292 g/mol. The van der Waals surface area contributed by atoms with Crippen LogP contribution in [0.5, 0.6) is 0 Å². The van der Waals surface area contributed by atoms with E-state index in [9.17, 15) is 9.90 Å². The van der Waals surface area contributed by atoms with E-state index in [1.165, 1.54) is 16.2 Å². The fourth-order valence-corrected chi connectivity index (χ4v) is 3.57. The Bertz CT molecular complexity index is 590. The van der Waals surface area contributed by atoms with E-state index in [1.807, 2.05) is 18.5 Å². The largest absolute Gasteiger partial charge is 0.481 e. The second kappa shape index (κ2) is 5.54. The molecule has 108 valence electrons. The number of carbonyl (C=O) groups is 1. The Hall–Kier alpha value is -1.40. The van der Waals surface area contributed by atoms with Gasteiger partial charge in [-0.1, -0.05) is 6.07 Å². The van der Waals surface area contributed by atoms with Gasteiger partial charge in [0.15, 0.2) is 5.13 Å². The molecule has 0 aliphatic carbocycles. The quantitative estimate of drug-likeness (QED) is 0.913. The number of anilines is 1. The van der Waals surface area contributed by atoms with Crippen molar-refractivity contribution in [3.8, 4) is 0 Å². The molecule has 2 heterocycles. The Morgan fingerprint density at radius 3 is 2.70 bits per heavy atom. The zero-order valence-electron chi connectivity index (χ0n) is 12.0. The van der Waals surface area contributed by atoms with Crippen LogP contribution in [0.25, 0.3) is 0 Å². The van der Waals surface area contributed by atoms with Gasteiger partial charge < -0.3 is 10.0 Å². The molecule has 0 amide bonds. The van der Waals surface area contributed by atoms with Gasteiger partial charge in [0.2, 0.25) is 0 Å². The maximum absolute atomic E-state index is 11.3. The van der Waals surface area contributed by atoms with Crippen molar-refractivity contribution in [1.82, 2.24) is 4.98 Å². The minimum absolute atomic E-state index is 0.224. The van der Waals surface area contributed by atoms with Gasteiger partial charge in [-0.05, 0) is 32.2 Å². The molecule has 0 aliphatic heterocycles. The van der Waals surface area contributed by atoms with Crippen LogP contribution in [0.3, 0.4) is 0 Å². The van der Waals surface area contributed by atoms with Gasteiger partial charge in [-0.2, -0.15) is 0 Å². The summed E-state index contributed by atoms with van der Waals surface area (Å²) in [6, 6.07) is 4.36. The van der Waals surface area contributed by atoms with Crippen molar-refractivity contribution < 1.29 is 9.90 Å². The van der Waals surface area contributed by atoms with Crippen LogP contribution in [0, 0.1) is 0 Å². The van der Waals surface area contributed by atoms with E-state index in [-0.39, 0.29) is 6.04 Å². The molecule has 0 saturated carbocycles. The maximum Gasteiger partial charge on any atom is 0.315 e. The predicted molar refractivity (Wildman–Crippen MR) is 83.9 cm³/mol. The normalized spacial score (nSPS) is 13.2. The van der Waals surface area contributed by atoms with E-state index < -0.39 is 11.4 Å². The monoisotopic (exact) mass is 310 g/mol. The number of aromatic nitrogens is 1. The molecule has 4 nitrogen and oxygen atoms in total. The van der Waals surface area contributed by atoms with Crippen LogP contribution in [-0.4, -0.2) is 23.1 Å². The summed E-state index contributed by atoms with van der Waals surface area (Å²) in [4.78, 5) is 19.1. The number of rotatable bonds is 5. The smallest absolute Gasteiger partial charge is 0.315 e. The van der Waals surface area contributed by atoms with Crippen LogP contribution >= 0.6 is 22.7 Å². The molecule has 0 aliphatic rings. The van der Waals surface area contributed by atoms with E-state index in [0.717, 1.165) is 5.13 Å². The fourth-order valence-electron chi connectivity index (χ4n) is 1.71.